The van der Waals surface area contributed by atoms with Crippen LogP contribution in [0.4, 0.5) is 0 Å². The lowest BCUT2D eigenvalue weighted by molar-refractivity contribution is 0.923. The molecular formula is C19H18N2. The molecule has 21 heavy (non-hydrogen) atoms. The summed E-state index contributed by atoms with van der Waals surface area (Å²) >= 11 is 0. The van der Waals surface area contributed by atoms with Crippen molar-refractivity contribution in [2.45, 2.75) is 26.7 Å². The van der Waals surface area contributed by atoms with Crippen LogP contribution in [-0.2, 0) is 6.42 Å². The standard InChI is InChI=1S/C19H18N2/c1-3-4-14-7-10-16-17(12-20)19(21-18(16)11-14)15-8-5-13(2)6-9-15/h5-11,21H,3-4H2,1-2H3. The number of aromatic nitrogens is 1. The lowest BCUT2D eigenvalue weighted by Crippen LogP contribution is -1.82. The van der Waals surface area contributed by atoms with E-state index in [0.29, 0.717) is 0 Å². The molecule has 0 aliphatic carbocycles. The maximum Gasteiger partial charge on any atom is 0.102 e. The highest BCUT2D eigenvalue weighted by atomic mass is 14.7. The summed E-state index contributed by atoms with van der Waals surface area (Å²) in [7, 11) is 0. The van der Waals surface area contributed by atoms with Crippen LogP contribution in [0.2, 0.25) is 0 Å². The Morgan fingerprint density at radius 2 is 1.86 bits per heavy atom. The van der Waals surface area contributed by atoms with E-state index in [9.17, 15) is 5.26 Å². The molecular weight excluding hydrogens is 256 g/mol. The number of benzene rings is 2. The molecule has 0 bridgehead atoms. The fraction of sp³-hybridized carbons (Fsp3) is 0.211. The number of nitrogens with one attached hydrogen (secondary N) is 1. The molecule has 0 spiro atoms. The molecule has 0 saturated heterocycles. The summed E-state index contributed by atoms with van der Waals surface area (Å²) in [6.45, 7) is 4.24. The Bertz CT molecular complexity index is 817. The number of hydrogen-bond donors (Lipinski definition) is 1. The van der Waals surface area contributed by atoms with E-state index >= 15 is 0 Å². The van der Waals surface area contributed by atoms with Crippen molar-refractivity contribution < 1.29 is 0 Å². The summed E-state index contributed by atoms with van der Waals surface area (Å²) in [6, 6.07) is 17.0. The van der Waals surface area contributed by atoms with Crippen LogP contribution in [0.1, 0.15) is 30.0 Å². The topological polar surface area (TPSA) is 39.6 Å². The summed E-state index contributed by atoms with van der Waals surface area (Å²) in [5.74, 6) is 0. The first-order valence-electron chi connectivity index (χ1n) is 7.34. The predicted octanol–water partition coefficient (Wildman–Crippen LogP) is 4.97. The molecule has 1 N–H and O–H groups in total. The van der Waals surface area contributed by atoms with E-state index in [4.69, 9.17) is 0 Å². The van der Waals surface area contributed by atoms with Crippen molar-refractivity contribution >= 4 is 10.9 Å². The molecule has 2 heteroatoms. The van der Waals surface area contributed by atoms with Crippen LogP contribution in [0.3, 0.4) is 0 Å². The Kier molecular flexibility index (Phi) is 3.50. The van der Waals surface area contributed by atoms with E-state index in [0.717, 1.165) is 40.6 Å². The van der Waals surface area contributed by atoms with Crippen molar-refractivity contribution in [3.63, 3.8) is 0 Å². The predicted molar refractivity (Wildman–Crippen MR) is 87.2 cm³/mol. The fourth-order valence-corrected chi connectivity index (χ4v) is 2.74. The third kappa shape index (κ3) is 2.43. The van der Waals surface area contributed by atoms with Gasteiger partial charge in [-0.25, -0.2) is 0 Å². The van der Waals surface area contributed by atoms with Gasteiger partial charge in [-0.2, -0.15) is 5.26 Å². The third-order valence-corrected chi connectivity index (χ3v) is 3.85. The highest BCUT2D eigenvalue weighted by molar-refractivity contribution is 5.93. The molecule has 2 nitrogen and oxygen atoms in total. The third-order valence-electron chi connectivity index (χ3n) is 3.85. The van der Waals surface area contributed by atoms with Gasteiger partial charge in [-0.05, 0) is 30.5 Å². The minimum Gasteiger partial charge on any atom is -0.353 e. The number of aromatic amines is 1. The first-order valence-corrected chi connectivity index (χ1v) is 7.34. The van der Waals surface area contributed by atoms with Crippen LogP contribution in [0, 0.1) is 18.3 Å². The van der Waals surface area contributed by atoms with Gasteiger partial charge in [-0.15, -0.1) is 0 Å². The molecule has 2 aromatic carbocycles. The second-order valence-electron chi connectivity index (χ2n) is 5.48. The van der Waals surface area contributed by atoms with Gasteiger partial charge in [0, 0.05) is 10.9 Å². The van der Waals surface area contributed by atoms with Crippen molar-refractivity contribution in [1.29, 1.82) is 5.26 Å². The molecule has 104 valence electrons. The SMILES string of the molecule is CCCc1ccc2c(C#N)c(-c3ccc(C)cc3)[nH]c2c1. The number of aryl methyl sites for hydroxylation is 2. The number of fused-ring (bicyclic) bond motifs is 1. The molecule has 0 aliphatic rings. The van der Waals surface area contributed by atoms with E-state index < -0.39 is 0 Å². The first kappa shape index (κ1) is 13.5. The summed E-state index contributed by atoms with van der Waals surface area (Å²) in [4.78, 5) is 3.43. The van der Waals surface area contributed by atoms with Crippen LogP contribution in [0.5, 0.6) is 0 Å². The summed E-state index contributed by atoms with van der Waals surface area (Å²) in [6.07, 6.45) is 2.19. The van der Waals surface area contributed by atoms with Crippen LogP contribution in [0.15, 0.2) is 42.5 Å². The van der Waals surface area contributed by atoms with Crippen LogP contribution in [-0.4, -0.2) is 4.98 Å². The van der Waals surface area contributed by atoms with Gasteiger partial charge in [-0.3, -0.25) is 0 Å². The molecule has 0 fully saturated rings. The maximum absolute atomic E-state index is 9.52. The van der Waals surface area contributed by atoms with Gasteiger partial charge < -0.3 is 4.98 Å². The minimum atomic E-state index is 0.733. The van der Waals surface area contributed by atoms with Gasteiger partial charge in [0.25, 0.3) is 0 Å². The van der Waals surface area contributed by atoms with E-state index in [1.54, 1.807) is 0 Å². The van der Waals surface area contributed by atoms with Gasteiger partial charge in [0.15, 0.2) is 0 Å². The van der Waals surface area contributed by atoms with E-state index in [2.05, 4.69) is 67.4 Å². The molecule has 1 heterocycles. The molecule has 0 saturated carbocycles. The highest BCUT2D eigenvalue weighted by Gasteiger charge is 2.13. The smallest absolute Gasteiger partial charge is 0.102 e. The second-order valence-corrected chi connectivity index (χ2v) is 5.48. The van der Waals surface area contributed by atoms with Crippen LogP contribution in [0.25, 0.3) is 22.2 Å². The summed E-state index contributed by atoms with van der Waals surface area (Å²) in [5.41, 5.74) is 6.29. The maximum atomic E-state index is 9.52. The average molecular weight is 274 g/mol. The van der Waals surface area contributed by atoms with Crippen molar-refractivity contribution in [3.8, 4) is 17.3 Å². The molecule has 0 aliphatic heterocycles. The Hall–Kier alpha value is -2.53. The molecule has 1 aromatic heterocycles. The number of hydrogen-bond acceptors (Lipinski definition) is 1. The largest absolute Gasteiger partial charge is 0.353 e. The Morgan fingerprint density at radius 1 is 1.10 bits per heavy atom. The number of nitriles is 1. The average Bonchev–Trinajstić information content (AvgIpc) is 2.86. The van der Waals surface area contributed by atoms with Gasteiger partial charge >= 0.3 is 0 Å². The van der Waals surface area contributed by atoms with E-state index in [1.807, 2.05) is 0 Å². The Balaban J connectivity index is 2.18. The second kappa shape index (κ2) is 5.46. The zero-order chi connectivity index (χ0) is 14.8. The van der Waals surface area contributed by atoms with Gasteiger partial charge in [-0.1, -0.05) is 55.3 Å². The molecule has 3 rings (SSSR count). The first-order chi connectivity index (χ1) is 10.2. The zero-order valence-corrected chi connectivity index (χ0v) is 12.4. The van der Waals surface area contributed by atoms with Gasteiger partial charge in [0.1, 0.15) is 6.07 Å². The normalized spacial score (nSPS) is 10.7. The molecule has 0 radical (unpaired) electrons. The van der Waals surface area contributed by atoms with E-state index in [-0.39, 0.29) is 0 Å². The van der Waals surface area contributed by atoms with Crippen molar-refractivity contribution in [2.75, 3.05) is 0 Å². The van der Waals surface area contributed by atoms with Gasteiger partial charge in [0.05, 0.1) is 11.3 Å². The number of nitrogens with zero attached hydrogens (tertiary/aromatic N) is 1. The van der Waals surface area contributed by atoms with Crippen molar-refractivity contribution in [1.82, 2.24) is 4.98 Å². The highest BCUT2D eigenvalue weighted by Crippen LogP contribution is 2.30. The lowest BCUT2D eigenvalue weighted by Gasteiger charge is -1.99. The Morgan fingerprint density at radius 3 is 2.52 bits per heavy atom. The van der Waals surface area contributed by atoms with Crippen LogP contribution < -0.4 is 0 Å². The van der Waals surface area contributed by atoms with Crippen molar-refractivity contribution in [2.24, 2.45) is 0 Å². The van der Waals surface area contributed by atoms with E-state index in [1.165, 1.54) is 11.1 Å². The zero-order valence-electron chi connectivity index (χ0n) is 12.4. The van der Waals surface area contributed by atoms with Crippen molar-refractivity contribution in [3.05, 3.63) is 59.2 Å². The Labute approximate surface area is 125 Å². The minimum absolute atomic E-state index is 0.733. The molecule has 3 aromatic rings. The number of H-pyrrole nitrogens is 1. The fourth-order valence-electron chi connectivity index (χ4n) is 2.74. The molecule has 0 amide bonds. The van der Waals surface area contributed by atoms with Gasteiger partial charge in [0.2, 0.25) is 0 Å². The molecule has 0 atom stereocenters. The number of rotatable bonds is 3. The molecule has 0 unspecified atom stereocenters. The summed E-state index contributed by atoms with van der Waals surface area (Å²) < 4.78 is 0. The monoisotopic (exact) mass is 274 g/mol. The quantitative estimate of drug-likeness (QED) is 0.719. The lowest BCUT2D eigenvalue weighted by atomic mass is 10.0. The van der Waals surface area contributed by atoms with Crippen LogP contribution >= 0.6 is 0 Å². The summed E-state index contributed by atoms with van der Waals surface area (Å²) in [5, 5.41) is 10.5.